The summed E-state index contributed by atoms with van der Waals surface area (Å²) in [6.45, 7) is 3.32. The van der Waals surface area contributed by atoms with Gasteiger partial charge in [0, 0.05) is 24.0 Å². The summed E-state index contributed by atoms with van der Waals surface area (Å²) < 4.78 is 6.72. The number of thiophene rings is 1. The van der Waals surface area contributed by atoms with Crippen molar-refractivity contribution in [2.24, 2.45) is 0 Å². The summed E-state index contributed by atoms with van der Waals surface area (Å²) >= 11 is 15.1. The van der Waals surface area contributed by atoms with Crippen molar-refractivity contribution in [2.45, 2.75) is 0 Å². The van der Waals surface area contributed by atoms with E-state index in [2.05, 4.69) is 9.88 Å². The van der Waals surface area contributed by atoms with Crippen molar-refractivity contribution in [3.8, 4) is 11.3 Å². The number of morpholine rings is 1. The van der Waals surface area contributed by atoms with Gasteiger partial charge in [-0.05, 0) is 6.07 Å². The standard InChI is InChI=1S/C11H10Cl2N2OS2.ClH/c12-9-5-7(10(13)18-9)8-6-17-11(14-8)15-1-3-16-4-2-15;/h5-6H,1-4H2;1H. The molecule has 0 amide bonds. The summed E-state index contributed by atoms with van der Waals surface area (Å²) in [6, 6.07) is 1.87. The summed E-state index contributed by atoms with van der Waals surface area (Å²) in [5, 5.41) is 3.04. The van der Waals surface area contributed by atoms with E-state index >= 15 is 0 Å². The van der Waals surface area contributed by atoms with Crippen molar-refractivity contribution in [3.63, 3.8) is 0 Å². The molecule has 1 saturated heterocycles. The van der Waals surface area contributed by atoms with Crippen LogP contribution in [0.1, 0.15) is 0 Å². The Hall–Kier alpha value is -0.0400. The molecule has 0 unspecified atom stereocenters. The van der Waals surface area contributed by atoms with Gasteiger partial charge < -0.3 is 9.64 Å². The zero-order valence-corrected chi connectivity index (χ0v) is 13.7. The third kappa shape index (κ3) is 3.35. The number of ether oxygens (including phenoxy) is 1. The van der Waals surface area contributed by atoms with Crippen LogP contribution in [0.4, 0.5) is 5.13 Å². The van der Waals surface area contributed by atoms with Gasteiger partial charge in [-0.2, -0.15) is 0 Å². The zero-order chi connectivity index (χ0) is 12.5. The minimum atomic E-state index is 0. The number of hydrogen-bond donors (Lipinski definition) is 0. The highest BCUT2D eigenvalue weighted by Crippen LogP contribution is 2.39. The largest absolute Gasteiger partial charge is 0.378 e. The second kappa shape index (κ2) is 6.61. The van der Waals surface area contributed by atoms with Gasteiger partial charge in [0.25, 0.3) is 0 Å². The van der Waals surface area contributed by atoms with Gasteiger partial charge >= 0.3 is 0 Å². The Bertz CT molecular complexity index is 552. The minimum absolute atomic E-state index is 0. The first kappa shape index (κ1) is 15.4. The van der Waals surface area contributed by atoms with Crippen LogP contribution in [0.5, 0.6) is 0 Å². The van der Waals surface area contributed by atoms with Crippen molar-refractivity contribution in [3.05, 3.63) is 20.1 Å². The quantitative estimate of drug-likeness (QED) is 0.794. The molecule has 0 radical (unpaired) electrons. The molecule has 1 fully saturated rings. The van der Waals surface area contributed by atoms with Gasteiger partial charge in [0.1, 0.15) is 4.34 Å². The molecule has 0 atom stereocenters. The SMILES string of the molecule is Cl.Clc1cc(-c2csc(N3CCOCC3)n2)c(Cl)s1. The molecule has 1 aliphatic rings. The zero-order valence-electron chi connectivity index (χ0n) is 9.77. The smallest absolute Gasteiger partial charge is 0.186 e. The predicted molar refractivity (Wildman–Crippen MR) is 85.7 cm³/mol. The lowest BCUT2D eigenvalue weighted by Gasteiger charge is -2.25. The van der Waals surface area contributed by atoms with E-state index in [0.29, 0.717) is 8.67 Å². The van der Waals surface area contributed by atoms with Gasteiger partial charge in [0.05, 0.1) is 23.2 Å². The maximum atomic E-state index is 6.14. The van der Waals surface area contributed by atoms with E-state index in [1.807, 2.05) is 11.4 Å². The summed E-state index contributed by atoms with van der Waals surface area (Å²) in [5.41, 5.74) is 1.82. The van der Waals surface area contributed by atoms with E-state index in [4.69, 9.17) is 27.9 Å². The van der Waals surface area contributed by atoms with Gasteiger partial charge in [-0.3, -0.25) is 0 Å². The molecule has 0 bridgehead atoms. The average Bonchev–Trinajstić information content (AvgIpc) is 2.97. The van der Waals surface area contributed by atoms with Gasteiger partial charge in [-0.25, -0.2) is 4.98 Å². The third-order valence-electron chi connectivity index (χ3n) is 2.71. The fraction of sp³-hybridized carbons (Fsp3) is 0.364. The van der Waals surface area contributed by atoms with Crippen LogP contribution in [-0.4, -0.2) is 31.3 Å². The molecule has 0 aromatic carbocycles. The van der Waals surface area contributed by atoms with E-state index in [9.17, 15) is 0 Å². The topological polar surface area (TPSA) is 25.4 Å². The first-order chi connectivity index (χ1) is 8.74. The number of thiazole rings is 1. The van der Waals surface area contributed by atoms with Gasteiger partial charge in [0.15, 0.2) is 5.13 Å². The molecule has 0 N–H and O–H groups in total. The maximum absolute atomic E-state index is 6.14. The lowest BCUT2D eigenvalue weighted by atomic mass is 10.3. The molecule has 3 heterocycles. The van der Waals surface area contributed by atoms with E-state index in [-0.39, 0.29) is 12.4 Å². The Balaban J connectivity index is 0.00000133. The lowest BCUT2D eigenvalue weighted by molar-refractivity contribution is 0.122. The van der Waals surface area contributed by atoms with E-state index in [0.717, 1.165) is 42.7 Å². The van der Waals surface area contributed by atoms with Gasteiger partial charge in [0.2, 0.25) is 0 Å². The fourth-order valence-corrected chi connectivity index (χ4v) is 4.16. The number of halogens is 3. The highest BCUT2D eigenvalue weighted by atomic mass is 35.5. The molecule has 3 nitrogen and oxygen atoms in total. The van der Waals surface area contributed by atoms with Crippen molar-refractivity contribution in [2.75, 3.05) is 31.2 Å². The lowest BCUT2D eigenvalue weighted by Crippen LogP contribution is -2.36. The normalized spacial score (nSPS) is 15.4. The summed E-state index contributed by atoms with van der Waals surface area (Å²) in [7, 11) is 0. The molecule has 2 aromatic heterocycles. The molecule has 0 saturated carbocycles. The molecule has 1 aliphatic heterocycles. The van der Waals surface area contributed by atoms with Crippen LogP contribution in [0.2, 0.25) is 8.67 Å². The highest BCUT2D eigenvalue weighted by Gasteiger charge is 2.17. The van der Waals surface area contributed by atoms with Crippen LogP contribution < -0.4 is 4.90 Å². The van der Waals surface area contributed by atoms with Crippen LogP contribution in [0, 0.1) is 0 Å². The fourth-order valence-electron chi connectivity index (χ4n) is 1.80. The van der Waals surface area contributed by atoms with E-state index in [1.165, 1.54) is 11.3 Å². The highest BCUT2D eigenvalue weighted by molar-refractivity contribution is 7.20. The third-order valence-corrected chi connectivity index (χ3v) is 5.10. The molecular formula is C11H11Cl3N2OS2. The number of anilines is 1. The van der Waals surface area contributed by atoms with Crippen molar-refractivity contribution in [1.82, 2.24) is 4.98 Å². The number of aromatic nitrogens is 1. The number of nitrogens with zero attached hydrogens (tertiary/aromatic N) is 2. The Labute approximate surface area is 135 Å². The van der Waals surface area contributed by atoms with Crippen molar-refractivity contribution in [1.29, 1.82) is 0 Å². The summed E-state index contributed by atoms with van der Waals surface area (Å²) in [6.07, 6.45) is 0. The second-order valence-corrected chi connectivity index (χ2v) is 6.97. The number of hydrogen-bond acceptors (Lipinski definition) is 5. The molecular weight excluding hydrogens is 347 g/mol. The molecule has 0 aliphatic carbocycles. The molecule has 19 heavy (non-hydrogen) atoms. The first-order valence-electron chi connectivity index (χ1n) is 5.47. The summed E-state index contributed by atoms with van der Waals surface area (Å²) in [4.78, 5) is 6.87. The second-order valence-electron chi connectivity index (χ2n) is 3.85. The Morgan fingerprint density at radius 1 is 1.26 bits per heavy atom. The van der Waals surface area contributed by atoms with Crippen LogP contribution >= 0.6 is 58.3 Å². The maximum Gasteiger partial charge on any atom is 0.186 e. The van der Waals surface area contributed by atoms with Crippen LogP contribution in [0.15, 0.2) is 11.4 Å². The summed E-state index contributed by atoms with van der Waals surface area (Å²) in [5.74, 6) is 0. The van der Waals surface area contributed by atoms with Crippen LogP contribution in [0.25, 0.3) is 11.3 Å². The van der Waals surface area contributed by atoms with Crippen LogP contribution in [-0.2, 0) is 4.74 Å². The van der Waals surface area contributed by atoms with Gasteiger partial charge in [-0.15, -0.1) is 35.1 Å². The van der Waals surface area contributed by atoms with E-state index in [1.54, 1.807) is 11.3 Å². The Morgan fingerprint density at radius 3 is 2.63 bits per heavy atom. The minimum Gasteiger partial charge on any atom is -0.378 e. The van der Waals surface area contributed by atoms with Crippen molar-refractivity contribution >= 4 is 63.4 Å². The Kier molecular flexibility index (Phi) is 5.34. The molecule has 3 rings (SSSR count). The molecule has 104 valence electrons. The first-order valence-corrected chi connectivity index (χ1v) is 7.92. The average molecular weight is 358 g/mol. The number of rotatable bonds is 2. The molecule has 2 aromatic rings. The van der Waals surface area contributed by atoms with E-state index < -0.39 is 0 Å². The molecule has 0 spiro atoms. The predicted octanol–water partition coefficient (Wildman–Crippen LogP) is 4.44. The van der Waals surface area contributed by atoms with Crippen LogP contribution in [0.3, 0.4) is 0 Å². The Morgan fingerprint density at radius 2 is 2.00 bits per heavy atom. The molecule has 8 heteroatoms. The monoisotopic (exact) mass is 356 g/mol. The van der Waals surface area contributed by atoms with Crippen molar-refractivity contribution < 1.29 is 4.74 Å². The van der Waals surface area contributed by atoms with Gasteiger partial charge in [-0.1, -0.05) is 23.2 Å².